The predicted molar refractivity (Wildman–Crippen MR) is 96.4 cm³/mol. The fraction of sp³-hybridized carbons (Fsp3) is 0.471. The first-order valence-corrected chi connectivity index (χ1v) is 11.0. The number of nitrogens with one attached hydrogen (secondary N) is 1. The standard InChI is InChI=1S/C17H26N2O3Si/c1-4-5-11-19(22-23(2)3)12-10-13-6-8-15(20)17-14(13)7-9-16(21)18-17/h6-9,20,23H,4-5,10-12H2,1-3H3,(H,18,21). The second-order valence-electron chi connectivity index (χ2n) is 6.04. The first kappa shape index (κ1) is 17.7. The van der Waals surface area contributed by atoms with E-state index < -0.39 is 9.04 Å². The number of benzene rings is 1. The molecule has 0 amide bonds. The van der Waals surface area contributed by atoms with Crippen molar-refractivity contribution in [1.82, 2.24) is 10.0 Å². The monoisotopic (exact) mass is 334 g/mol. The highest BCUT2D eigenvalue weighted by atomic mass is 28.3. The first-order valence-electron chi connectivity index (χ1n) is 8.27. The van der Waals surface area contributed by atoms with Crippen LogP contribution in [0, 0.1) is 0 Å². The number of aromatic amines is 1. The Morgan fingerprint density at radius 3 is 2.70 bits per heavy atom. The lowest BCUT2D eigenvalue weighted by molar-refractivity contribution is -0.0613. The highest BCUT2D eigenvalue weighted by Crippen LogP contribution is 2.25. The van der Waals surface area contributed by atoms with Crippen LogP contribution in [0.25, 0.3) is 10.9 Å². The van der Waals surface area contributed by atoms with E-state index in [1.165, 1.54) is 6.07 Å². The van der Waals surface area contributed by atoms with Crippen LogP contribution in [-0.2, 0) is 10.9 Å². The zero-order valence-corrected chi connectivity index (χ0v) is 15.3. The molecule has 1 aromatic carbocycles. The average Bonchev–Trinajstić information content (AvgIpc) is 2.51. The lowest BCUT2D eigenvalue weighted by Gasteiger charge is -2.24. The molecule has 0 saturated carbocycles. The quantitative estimate of drug-likeness (QED) is 0.575. The van der Waals surface area contributed by atoms with Gasteiger partial charge in [-0.25, -0.2) is 5.06 Å². The Bertz CT molecular complexity index is 700. The van der Waals surface area contributed by atoms with Gasteiger partial charge in [-0.15, -0.1) is 0 Å². The van der Waals surface area contributed by atoms with Crippen molar-refractivity contribution < 1.29 is 9.63 Å². The molecule has 0 atom stereocenters. The number of unbranched alkanes of at least 4 members (excludes halogenated alkanes) is 1. The molecule has 0 unspecified atom stereocenters. The minimum absolute atomic E-state index is 0.107. The smallest absolute Gasteiger partial charge is 0.248 e. The van der Waals surface area contributed by atoms with Crippen molar-refractivity contribution in [2.45, 2.75) is 39.3 Å². The molecule has 0 fully saturated rings. The predicted octanol–water partition coefficient (Wildman–Crippen LogP) is 2.79. The molecule has 23 heavy (non-hydrogen) atoms. The minimum atomic E-state index is -1.12. The summed E-state index contributed by atoms with van der Waals surface area (Å²) in [6.45, 7) is 8.26. The summed E-state index contributed by atoms with van der Waals surface area (Å²) in [6.07, 6.45) is 3.07. The topological polar surface area (TPSA) is 65.6 Å². The van der Waals surface area contributed by atoms with E-state index >= 15 is 0 Å². The largest absolute Gasteiger partial charge is 0.506 e. The number of rotatable bonds is 8. The van der Waals surface area contributed by atoms with Crippen molar-refractivity contribution in [2.75, 3.05) is 13.1 Å². The fourth-order valence-electron chi connectivity index (χ4n) is 2.61. The number of phenols is 1. The van der Waals surface area contributed by atoms with Crippen LogP contribution in [0.4, 0.5) is 0 Å². The summed E-state index contributed by atoms with van der Waals surface area (Å²) >= 11 is 0. The average molecular weight is 334 g/mol. The van der Waals surface area contributed by atoms with Gasteiger partial charge in [0.2, 0.25) is 5.56 Å². The molecule has 2 aromatic rings. The Balaban J connectivity index is 2.17. The molecule has 5 nitrogen and oxygen atoms in total. The number of aromatic nitrogens is 1. The summed E-state index contributed by atoms with van der Waals surface area (Å²) < 4.78 is 5.99. The number of aromatic hydroxyl groups is 1. The van der Waals surface area contributed by atoms with Gasteiger partial charge >= 0.3 is 0 Å². The Kier molecular flexibility index (Phi) is 6.38. The van der Waals surface area contributed by atoms with E-state index in [0.29, 0.717) is 5.52 Å². The van der Waals surface area contributed by atoms with Crippen LogP contribution in [0.5, 0.6) is 5.75 Å². The van der Waals surface area contributed by atoms with Gasteiger partial charge in [-0.2, -0.15) is 0 Å². The molecule has 0 radical (unpaired) electrons. The molecule has 6 heteroatoms. The molecule has 0 aliphatic heterocycles. The third kappa shape index (κ3) is 4.92. The van der Waals surface area contributed by atoms with E-state index in [0.717, 1.165) is 43.3 Å². The van der Waals surface area contributed by atoms with Crippen LogP contribution in [0.15, 0.2) is 29.1 Å². The normalized spacial score (nSPS) is 11.7. The van der Waals surface area contributed by atoms with Gasteiger partial charge in [0.05, 0.1) is 5.52 Å². The summed E-state index contributed by atoms with van der Waals surface area (Å²) in [4.78, 5) is 14.2. The summed E-state index contributed by atoms with van der Waals surface area (Å²) in [5.41, 5.74) is 1.41. The van der Waals surface area contributed by atoms with Crippen molar-refractivity contribution in [1.29, 1.82) is 0 Å². The number of nitrogens with zero attached hydrogens (tertiary/aromatic N) is 1. The molecule has 126 valence electrons. The maximum absolute atomic E-state index is 11.5. The number of pyridine rings is 1. The van der Waals surface area contributed by atoms with Gasteiger partial charge in [0.25, 0.3) is 0 Å². The van der Waals surface area contributed by atoms with Crippen molar-refractivity contribution >= 4 is 19.9 Å². The highest BCUT2D eigenvalue weighted by molar-refractivity contribution is 6.48. The Labute approximate surface area is 138 Å². The number of hydrogen-bond donors (Lipinski definition) is 2. The van der Waals surface area contributed by atoms with Gasteiger partial charge in [-0.3, -0.25) is 4.79 Å². The molecule has 2 N–H and O–H groups in total. The van der Waals surface area contributed by atoms with E-state index in [-0.39, 0.29) is 11.3 Å². The van der Waals surface area contributed by atoms with E-state index in [1.807, 2.05) is 6.07 Å². The van der Waals surface area contributed by atoms with E-state index in [1.54, 1.807) is 12.1 Å². The fourth-order valence-corrected chi connectivity index (χ4v) is 3.42. The molecular weight excluding hydrogens is 308 g/mol. The number of hydrogen-bond acceptors (Lipinski definition) is 4. The van der Waals surface area contributed by atoms with Crippen LogP contribution >= 0.6 is 0 Å². The van der Waals surface area contributed by atoms with E-state index in [9.17, 15) is 9.90 Å². The SMILES string of the molecule is CCCCN(CCc1ccc(O)c2[nH]c(=O)ccc12)O[SiH](C)C. The van der Waals surface area contributed by atoms with Gasteiger partial charge in [0.15, 0.2) is 9.04 Å². The van der Waals surface area contributed by atoms with Crippen LogP contribution in [0.1, 0.15) is 25.3 Å². The maximum Gasteiger partial charge on any atom is 0.248 e. The van der Waals surface area contributed by atoms with Crippen molar-refractivity contribution in [3.63, 3.8) is 0 Å². The maximum atomic E-state index is 11.5. The van der Waals surface area contributed by atoms with Crippen LogP contribution in [0.2, 0.25) is 13.1 Å². The Morgan fingerprint density at radius 2 is 2.00 bits per heavy atom. The van der Waals surface area contributed by atoms with E-state index in [2.05, 4.69) is 30.1 Å². The molecule has 0 aliphatic rings. The second kappa shape index (κ2) is 8.28. The lowest BCUT2D eigenvalue weighted by Crippen LogP contribution is -2.32. The van der Waals surface area contributed by atoms with Crippen LogP contribution < -0.4 is 5.56 Å². The lowest BCUT2D eigenvalue weighted by atomic mass is 10.0. The second-order valence-corrected chi connectivity index (χ2v) is 8.35. The number of hydroxylamine groups is 2. The van der Waals surface area contributed by atoms with Gasteiger partial charge in [-0.1, -0.05) is 19.4 Å². The minimum Gasteiger partial charge on any atom is -0.506 e. The molecular formula is C17H26N2O3Si. The summed E-state index contributed by atoms with van der Waals surface area (Å²) in [5, 5.41) is 12.9. The van der Waals surface area contributed by atoms with Gasteiger partial charge < -0.3 is 14.6 Å². The van der Waals surface area contributed by atoms with Gasteiger partial charge in [0.1, 0.15) is 5.75 Å². The van der Waals surface area contributed by atoms with Gasteiger partial charge in [-0.05, 0) is 43.6 Å². The number of fused-ring (bicyclic) bond motifs is 1. The molecule has 0 bridgehead atoms. The molecule has 2 rings (SSSR count). The Hall–Kier alpha value is -1.63. The molecule has 0 saturated heterocycles. The van der Waals surface area contributed by atoms with Crippen LogP contribution in [-0.4, -0.2) is 37.3 Å². The Morgan fingerprint density at radius 1 is 1.22 bits per heavy atom. The summed E-state index contributed by atoms with van der Waals surface area (Å²) in [5.74, 6) is 0.107. The zero-order valence-electron chi connectivity index (χ0n) is 14.1. The third-order valence-corrected chi connectivity index (χ3v) is 4.43. The third-order valence-electron chi connectivity index (χ3n) is 3.71. The molecule has 1 aromatic heterocycles. The van der Waals surface area contributed by atoms with E-state index in [4.69, 9.17) is 4.53 Å². The van der Waals surface area contributed by atoms with Crippen molar-refractivity contribution in [3.8, 4) is 5.75 Å². The van der Waals surface area contributed by atoms with Crippen LogP contribution in [0.3, 0.4) is 0 Å². The molecule has 0 spiro atoms. The number of H-pyrrole nitrogens is 1. The number of phenolic OH excluding ortho intramolecular Hbond substituents is 1. The summed E-state index contributed by atoms with van der Waals surface area (Å²) in [6, 6.07) is 6.83. The van der Waals surface area contributed by atoms with Crippen molar-refractivity contribution in [3.05, 3.63) is 40.2 Å². The molecule has 0 aliphatic carbocycles. The molecule has 1 heterocycles. The van der Waals surface area contributed by atoms with Gasteiger partial charge in [0, 0.05) is 24.5 Å². The first-order chi connectivity index (χ1) is 11.0. The zero-order chi connectivity index (χ0) is 16.8. The summed E-state index contributed by atoms with van der Waals surface area (Å²) in [7, 11) is -1.12. The van der Waals surface area contributed by atoms with Crippen molar-refractivity contribution in [2.24, 2.45) is 0 Å². The highest BCUT2D eigenvalue weighted by Gasteiger charge is 2.11.